The molecule has 4 rings (SSSR count). The number of cyclic esters (lactones) is 4. The smallest absolute Gasteiger partial charge is 0.346 e. The number of carbonyl (C=O) groups is 7. The maximum absolute atomic E-state index is 12.4. The van der Waals surface area contributed by atoms with Gasteiger partial charge in [0.1, 0.15) is 13.2 Å². The molecule has 2 heterocycles. The van der Waals surface area contributed by atoms with Crippen LogP contribution in [0, 0.1) is 0 Å². The summed E-state index contributed by atoms with van der Waals surface area (Å²) in [7, 11) is 0. The molecule has 0 aromatic heterocycles. The molecule has 35 heavy (non-hydrogen) atoms. The molecular formula is C23H14O12. The van der Waals surface area contributed by atoms with E-state index in [0.29, 0.717) is 0 Å². The fourth-order valence-electron chi connectivity index (χ4n) is 3.28. The third kappa shape index (κ3) is 4.76. The lowest BCUT2D eigenvalue weighted by Crippen LogP contribution is -2.30. The second-order valence-corrected chi connectivity index (χ2v) is 7.30. The molecular weight excluding hydrogens is 468 g/mol. The maximum atomic E-state index is 12.4. The van der Waals surface area contributed by atoms with Crippen LogP contribution in [-0.4, -0.2) is 61.1 Å². The first-order valence-electron chi connectivity index (χ1n) is 9.96. The number of ether oxygens (including phenoxy) is 5. The summed E-state index contributed by atoms with van der Waals surface area (Å²) in [6.45, 7) is 0.0945. The molecule has 0 radical (unpaired) electrons. The van der Waals surface area contributed by atoms with E-state index >= 15 is 0 Å². The van der Waals surface area contributed by atoms with Crippen molar-refractivity contribution < 1.29 is 57.2 Å². The third-order valence-corrected chi connectivity index (χ3v) is 4.89. The zero-order chi connectivity index (χ0) is 25.3. The summed E-state index contributed by atoms with van der Waals surface area (Å²) in [5.74, 6) is -5.97. The lowest BCUT2D eigenvalue weighted by molar-refractivity contribution is -0.151. The van der Waals surface area contributed by atoms with Gasteiger partial charge in [0.15, 0.2) is 6.10 Å². The molecule has 178 valence electrons. The van der Waals surface area contributed by atoms with Gasteiger partial charge in [0.25, 0.3) is 0 Å². The quantitative estimate of drug-likeness (QED) is 0.315. The zero-order valence-electron chi connectivity index (χ0n) is 17.9. The van der Waals surface area contributed by atoms with Crippen molar-refractivity contribution in [3.63, 3.8) is 0 Å². The Morgan fingerprint density at radius 1 is 0.686 bits per heavy atom. The van der Waals surface area contributed by atoms with Crippen LogP contribution in [0.5, 0.6) is 0 Å². The van der Waals surface area contributed by atoms with E-state index in [2.05, 4.69) is 9.47 Å². The molecule has 0 atom stereocenters. The number of hydrogen-bond donors (Lipinski definition) is 0. The molecule has 2 aliphatic heterocycles. The van der Waals surface area contributed by atoms with E-state index in [1.807, 2.05) is 0 Å². The van der Waals surface area contributed by atoms with Gasteiger partial charge < -0.3 is 23.7 Å². The van der Waals surface area contributed by atoms with Crippen LogP contribution in [0.4, 0.5) is 0 Å². The number of esters is 7. The minimum absolute atomic E-state index is 0.0143. The van der Waals surface area contributed by atoms with Crippen LogP contribution >= 0.6 is 0 Å². The van der Waals surface area contributed by atoms with Gasteiger partial charge in [0, 0.05) is 6.92 Å². The van der Waals surface area contributed by atoms with Crippen LogP contribution in [0.1, 0.15) is 69.1 Å². The van der Waals surface area contributed by atoms with Crippen LogP contribution in [-0.2, 0) is 28.5 Å². The molecule has 0 aliphatic carbocycles. The number of hydrogen-bond acceptors (Lipinski definition) is 12. The molecule has 12 heteroatoms. The Morgan fingerprint density at radius 2 is 1.09 bits per heavy atom. The molecule has 12 nitrogen and oxygen atoms in total. The number of carbonyl (C=O) groups excluding carboxylic acids is 7. The predicted octanol–water partition coefficient (Wildman–Crippen LogP) is 1.25. The van der Waals surface area contributed by atoms with E-state index < -0.39 is 61.1 Å². The normalized spacial score (nSPS) is 13.7. The fraction of sp³-hybridized carbons (Fsp3) is 0.174. The molecule has 0 spiro atoms. The first-order valence-corrected chi connectivity index (χ1v) is 9.96. The Morgan fingerprint density at radius 3 is 1.49 bits per heavy atom. The monoisotopic (exact) mass is 482 g/mol. The third-order valence-electron chi connectivity index (χ3n) is 4.89. The summed E-state index contributed by atoms with van der Waals surface area (Å²) < 4.78 is 24.1. The lowest BCUT2D eigenvalue weighted by Gasteiger charge is -2.17. The number of fused-ring (bicyclic) bond motifs is 2. The van der Waals surface area contributed by atoms with Gasteiger partial charge in [-0.05, 0) is 36.4 Å². The minimum Gasteiger partial charge on any atom is -0.458 e. The van der Waals surface area contributed by atoms with Crippen molar-refractivity contribution in [2.24, 2.45) is 0 Å². The number of rotatable bonds is 7. The molecule has 0 saturated carbocycles. The molecule has 0 N–H and O–H groups in total. The Bertz CT molecular complexity index is 1230. The van der Waals surface area contributed by atoms with Crippen molar-refractivity contribution in [2.45, 2.75) is 13.0 Å². The number of benzene rings is 2. The van der Waals surface area contributed by atoms with Crippen molar-refractivity contribution in [2.75, 3.05) is 13.2 Å². The first-order chi connectivity index (χ1) is 16.6. The predicted molar refractivity (Wildman–Crippen MR) is 108 cm³/mol. The van der Waals surface area contributed by atoms with Gasteiger partial charge in [-0.15, -0.1) is 0 Å². The van der Waals surface area contributed by atoms with Crippen molar-refractivity contribution in [1.29, 1.82) is 0 Å². The Labute approximate surface area is 195 Å². The van der Waals surface area contributed by atoms with E-state index in [1.165, 1.54) is 24.3 Å². The summed E-state index contributed by atoms with van der Waals surface area (Å²) in [5, 5.41) is 0. The molecule has 0 saturated heterocycles. The zero-order valence-corrected chi connectivity index (χ0v) is 17.9. The highest BCUT2D eigenvalue weighted by Crippen LogP contribution is 2.23. The van der Waals surface area contributed by atoms with E-state index in [9.17, 15) is 33.6 Å². The van der Waals surface area contributed by atoms with Gasteiger partial charge in [-0.1, -0.05) is 0 Å². The summed E-state index contributed by atoms with van der Waals surface area (Å²) >= 11 is 0. The Hall–Kier alpha value is -4.87. The van der Waals surface area contributed by atoms with Crippen LogP contribution in [0.2, 0.25) is 0 Å². The minimum atomic E-state index is -1.18. The summed E-state index contributed by atoms with van der Waals surface area (Å²) in [5.41, 5.74) is -0.271. The second kappa shape index (κ2) is 9.17. The van der Waals surface area contributed by atoms with Gasteiger partial charge in [-0.3, -0.25) is 4.79 Å². The standard InChI is InChI=1S/C23H14O12/c1-10(24)33-13(8-31-18(25)11-2-4-14-16(6-11)22(29)34-20(14)27)9-32-19(26)12-3-5-15-17(7-12)23(30)35-21(15)28/h2-7,13H,8-9H2,1H3. The van der Waals surface area contributed by atoms with E-state index in [0.717, 1.165) is 19.1 Å². The largest absolute Gasteiger partial charge is 0.458 e. The van der Waals surface area contributed by atoms with Crippen LogP contribution < -0.4 is 0 Å². The van der Waals surface area contributed by atoms with Crippen molar-refractivity contribution >= 4 is 41.8 Å². The average molecular weight is 482 g/mol. The summed E-state index contributed by atoms with van der Waals surface area (Å²) in [4.78, 5) is 82.5. The highest BCUT2D eigenvalue weighted by Gasteiger charge is 2.32. The van der Waals surface area contributed by atoms with Gasteiger partial charge >= 0.3 is 41.8 Å². The van der Waals surface area contributed by atoms with Gasteiger partial charge in [0.2, 0.25) is 0 Å². The lowest BCUT2D eigenvalue weighted by atomic mass is 10.1. The topological polar surface area (TPSA) is 166 Å². The Balaban J connectivity index is 1.38. The summed E-state index contributed by atoms with van der Waals surface area (Å²) in [6.07, 6.45) is -1.18. The van der Waals surface area contributed by atoms with Gasteiger partial charge in [-0.25, -0.2) is 28.8 Å². The van der Waals surface area contributed by atoms with E-state index in [1.54, 1.807) is 0 Å². The van der Waals surface area contributed by atoms with Crippen molar-refractivity contribution in [3.05, 3.63) is 69.8 Å². The summed E-state index contributed by atoms with van der Waals surface area (Å²) in [6, 6.07) is 7.26. The fourth-order valence-corrected chi connectivity index (χ4v) is 3.28. The molecule has 0 unspecified atom stereocenters. The van der Waals surface area contributed by atoms with Gasteiger partial charge in [-0.2, -0.15) is 0 Å². The molecule has 2 aromatic rings. The molecule has 0 fully saturated rings. The molecule has 0 bridgehead atoms. The van der Waals surface area contributed by atoms with Crippen LogP contribution in [0.25, 0.3) is 0 Å². The first kappa shape index (κ1) is 23.3. The highest BCUT2D eigenvalue weighted by molar-refractivity contribution is 6.16. The maximum Gasteiger partial charge on any atom is 0.346 e. The SMILES string of the molecule is CC(=O)OC(COC(=O)c1ccc2c(c1)C(=O)OC2=O)COC(=O)c1ccc2c(c1)C(=O)OC2=O. The van der Waals surface area contributed by atoms with E-state index in [4.69, 9.17) is 14.2 Å². The van der Waals surface area contributed by atoms with E-state index in [-0.39, 0.29) is 33.4 Å². The van der Waals surface area contributed by atoms with Gasteiger partial charge in [0.05, 0.1) is 33.4 Å². The molecule has 2 aromatic carbocycles. The van der Waals surface area contributed by atoms with Crippen molar-refractivity contribution in [3.8, 4) is 0 Å². The second-order valence-electron chi connectivity index (χ2n) is 7.30. The molecule has 0 amide bonds. The van der Waals surface area contributed by atoms with Crippen molar-refractivity contribution in [1.82, 2.24) is 0 Å². The Kier molecular flexibility index (Phi) is 6.10. The van der Waals surface area contributed by atoms with Crippen LogP contribution in [0.15, 0.2) is 36.4 Å². The highest BCUT2D eigenvalue weighted by atomic mass is 16.6. The average Bonchev–Trinajstić information content (AvgIpc) is 3.28. The van der Waals surface area contributed by atoms with Crippen LogP contribution in [0.3, 0.4) is 0 Å². The molecule has 2 aliphatic rings.